The van der Waals surface area contributed by atoms with Gasteiger partial charge in [-0.25, -0.2) is 0 Å². The maximum absolute atomic E-state index is 10.9. The SMILES string of the molecule is COc1ccccc1Cc1ccccc1[N+](=O)[O-]. The number of ether oxygens (including phenoxy) is 1. The summed E-state index contributed by atoms with van der Waals surface area (Å²) in [6, 6.07) is 14.3. The minimum absolute atomic E-state index is 0.142. The number of benzene rings is 2. The third kappa shape index (κ3) is 2.48. The van der Waals surface area contributed by atoms with E-state index in [1.807, 2.05) is 24.3 Å². The van der Waals surface area contributed by atoms with Crippen molar-refractivity contribution in [1.82, 2.24) is 0 Å². The van der Waals surface area contributed by atoms with Crippen molar-refractivity contribution in [3.05, 3.63) is 69.8 Å². The molecule has 0 aromatic heterocycles. The molecule has 0 unspecified atom stereocenters. The Labute approximate surface area is 105 Å². The summed E-state index contributed by atoms with van der Waals surface area (Å²) < 4.78 is 5.25. The molecule has 2 rings (SSSR count). The van der Waals surface area contributed by atoms with Gasteiger partial charge in [-0.15, -0.1) is 0 Å². The number of nitrogens with zero attached hydrogens (tertiary/aromatic N) is 1. The molecule has 0 aliphatic carbocycles. The van der Waals surface area contributed by atoms with Crippen LogP contribution >= 0.6 is 0 Å². The van der Waals surface area contributed by atoms with Gasteiger partial charge in [-0.2, -0.15) is 0 Å². The second-order valence-corrected chi connectivity index (χ2v) is 3.87. The van der Waals surface area contributed by atoms with Crippen molar-refractivity contribution in [3.63, 3.8) is 0 Å². The summed E-state index contributed by atoms with van der Waals surface area (Å²) >= 11 is 0. The number of para-hydroxylation sites is 2. The van der Waals surface area contributed by atoms with Gasteiger partial charge in [0.05, 0.1) is 12.0 Å². The van der Waals surface area contributed by atoms with Gasteiger partial charge in [0, 0.05) is 18.1 Å². The third-order valence-corrected chi connectivity index (χ3v) is 2.76. The van der Waals surface area contributed by atoms with Gasteiger partial charge in [0.25, 0.3) is 5.69 Å². The molecular formula is C14H13NO3. The van der Waals surface area contributed by atoms with Gasteiger partial charge in [0.1, 0.15) is 5.75 Å². The Kier molecular flexibility index (Phi) is 3.57. The van der Waals surface area contributed by atoms with Crippen LogP contribution in [0.4, 0.5) is 5.69 Å². The normalized spacial score (nSPS) is 10.1. The second kappa shape index (κ2) is 5.31. The van der Waals surface area contributed by atoms with Crippen molar-refractivity contribution in [2.75, 3.05) is 7.11 Å². The summed E-state index contributed by atoms with van der Waals surface area (Å²) in [5.41, 5.74) is 1.77. The Hall–Kier alpha value is -2.36. The van der Waals surface area contributed by atoms with E-state index in [0.29, 0.717) is 12.0 Å². The molecular weight excluding hydrogens is 230 g/mol. The fraction of sp³-hybridized carbons (Fsp3) is 0.143. The molecule has 92 valence electrons. The van der Waals surface area contributed by atoms with Gasteiger partial charge < -0.3 is 4.74 Å². The summed E-state index contributed by atoms with van der Waals surface area (Å²) in [7, 11) is 1.60. The van der Waals surface area contributed by atoms with E-state index in [1.165, 1.54) is 6.07 Å². The minimum atomic E-state index is -0.356. The fourth-order valence-corrected chi connectivity index (χ4v) is 1.89. The Morgan fingerprint density at radius 3 is 2.33 bits per heavy atom. The Balaban J connectivity index is 2.37. The first-order valence-corrected chi connectivity index (χ1v) is 5.56. The van der Waals surface area contributed by atoms with Gasteiger partial charge in [-0.3, -0.25) is 10.1 Å². The van der Waals surface area contributed by atoms with E-state index in [0.717, 1.165) is 11.3 Å². The molecule has 4 heteroatoms. The molecule has 0 saturated heterocycles. The largest absolute Gasteiger partial charge is 0.496 e. The molecule has 0 fully saturated rings. The molecule has 0 amide bonds. The molecule has 2 aromatic carbocycles. The van der Waals surface area contributed by atoms with Crippen molar-refractivity contribution in [2.24, 2.45) is 0 Å². The van der Waals surface area contributed by atoms with Crippen LogP contribution in [0.1, 0.15) is 11.1 Å². The number of nitro benzene ring substituents is 1. The van der Waals surface area contributed by atoms with Gasteiger partial charge in [0.15, 0.2) is 0 Å². The summed E-state index contributed by atoms with van der Waals surface area (Å²) in [5.74, 6) is 0.746. The lowest BCUT2D eigenvalue weighted by atomic mass is 10.0. The number of hydrogen-bond donors (Lipinski definition) is 0. The van der Waals surface area contributed by atoms with E-state index in [2.05, 4.69) is 0 Å². The fourth-order valence-electron chi connectivity index (χ4n) is 1.89. The molecule has 0 heterocycles. The van der Waals surface area contributed by atoms with E-state index in [9.17, 15) is 10.1 Å². The quantitative estimate of drug-likeness (QED) is 0.612. The van der Waals surface area contributed by atoms with Gasteiger partial charge in [0.2, 0.25) is 0 Å². The molecule has 0 bridgehead atoms. The van der Waals surface area contributed by atoms with E-state index < -0.39 is 0 Å². The molecule has 4 nitrogen and oxygen atoms in total. The van der Waals surface area contributed by atoms with Crippen molar-refractivity contribution >= 4 is 5.69 Å². The van der Waals surface area contributed by atoms with Crippen molar-refractivity contribution in [2.45, 2.75) is 6.42 Å². The molecule has 0 aliphatic heterocycles. The molecule has 0 saturated carbocycles. The van der Waals surface area contributed by atoms with Crippen LogP contribution in [0.2, 0.25) is 0 Å². The summed E-state index contributed by atoms with van der Waals surface area (Å²) in [6.45, 7) is 0. The highest BCUT2D eigenvalue weighted by Gasteiger charge is 2.14. The lowest BCUT2D eigenvalue weighted by Crippen LogP contribution is -1.98. The Morgan fingerprint density at radius 2 is 1.67 bits per heavy atom. The Morgan fingerprint density at radius 1 is 1.06 bits per heavy atom. The maximum atomic E-state index is 10.9. The smallest absolute Gasteiger partial charge is 0.272 e. The molecule has 0 radical (unpaired) electrons. The minimum Gasteiger partial charge on any atom is -0.496 e. The predicted molar refractivity (Wildman–Crippen MR) is 68.9 cm³/mol. The highest BCUT2D eigenvalue weighted by Crippen LogP contribution is 2.25. The van der Waals surface area contributed by atoms with E-state index in [1.54, 1.807) is 25.3 Å². The molecule has 0 aliphatic rings. The van der Waals surface area contributed by atoms with Crippen LogP contribution in [0.3, 0.4) is 0 Å². The van der Waals surface area contributed by atoms with Gasteiger partial charge >= 0.3 is 0 Å². The first kappa shape index (κ1) is 12.1. The zero-order valence-corrected chi connectivity index (χ0v) is 10.00. The highest BCUT2D eigenvalue weighted by atomic mass is 16.6. The zero-order valence-electron chi connectivity index (χ0n) is 10.00. The molecule has 0 spiro atoms. The van der Waals surface area contributed by atoms with E-state index in [4.69, 9.17) is 4.74 Å². The summed E-state index contributed by atoms with van der Waals surface area (Å²) in [5, 5.41) is 10.9. The number of nitro groups is 1. The molecule has 2 aromatic rings. The lowest BCUT2D eigenvalue weighted by molar-refractivity contribution is -0.385. The number of methoxy groups -OCH3 is 1. The van der Waals surface area contributed by atoms with Crippen molar-refractivity contribution in [3.8, 4) is 5.75 Å². The second-order valence-electron chi connectivity index (χ2n) is 3.87. The van der Waals surface area contributed by atoms with Crippen LogP contribution in [0.5, 0.6) is 5.75 Å². The average Bonchev–Trinajstić information content (AvgIpc) is 2.40. The van der Waals surface area contributed by atoms with Crippen LogP contribution in [0.15, 0.2) is 48.5 Å². The van der Waals surface area contributed by atoms with E-state index in [-0.39, 0.29) is 10.6 Å². The summed E-state index contributed by atoms with van der Waals surface area (Å²) in [6.07, 6.45) is 0.487. The van der Waals surface area contributed by atoms with Crippen LogP contribution in [0, 0.1) is 10.1 Å². The highest BCUT2D eigenvalue weighted by molar-refractivity contribution is 5.45. The first-order valence-electron chi connectivity index (χ1n) is 5.56. The van der Waals surface area contributed by atoms with Crippen LogP contribution < -0.4 is 4.74 Å². The van der Waals surface area contributed by atoms with Crippen LogP contribution in [-0.4, -0.2) is 12.0 Å². The molecule has 0 atom stereocenters. The summed E-state index contributed by atoms with van der Waals surface area (Å²) in [4.78, 5) is 10.6. The van der Waals surface area contributed by atoms with Gasteiger partial charge in [-0.05, 0) is 11.6 Å². The van der Waals surface area contributed by atoms with Crippen molar-refractivity contribution < 1.29 is 9.66 Å². The van der Waals surface area contributed by atoms with Crippen LogP contribution in [0.25, 0.3) is 0 Å². The number of hydrogen-bond acceptors (Lipinski definition) is 3. The number of rotatable bonds is 4. The average molecular weight is 243 g/mol. The standard InChI is InChI=1S/C14H13NO3/c1-18-14-9-5-3-7-12(14)10-11-6-2-4-8-13(11)15(16)17/h2-9H,10H2,1H3. The zero-order chi connectivity index (χ0) is 13.0. The Bertz CT molecular complexity index is 566. The topological polar surface area (TPSA) is 52.4 Å². The maximum Gasteiger partial charge on any atom is 0.272 e. The lowest BCUT2D eigenvalue weighted by Gasteiger charge is -2.08. The first-order chi connectivity index (χ1) is 8.72. The monoisotopic (exact) mass is 243 g/mol. The van der Waals surface area contributed by atoms with Crippen molar-refractivity contribution in [1.29, 1.82) is 0 Å². The van der Waals surface area contributed by atoms with Gasteiger partial charge in [-0.1, -0.05) is 36.4 Å². The van der Waals surface area contributed by atoms with Crippen LogP contribution in [-0.2, 0) is 6.42 Å². The van der Waals surface area contributed by atoms with E-state index >= 15 is 0 Å². The molecule has 18 heavy (non-hydrogen) atoms. The third-order valence-electron chi connectivity index (χ3n) is 2.76. The predicted octanol–water partition coefficient (Wildman–Crippen LogP) is 3.19. The molecule has 0 N–H and O–H groups in total.